The third-order valence-electron chi connectivity index (χ3n) is 4.50. The van der Waals surface area contributed by atoms with Gasteiger partial charge in [0.05, 0.1) is 42.9 Å². The number of amides is 1. The van der Waals surface area contributed by atoms with Crippen LogP contribution >= 0.6 is 0 Å². The Labute approximate surface area is 162 Å². The summed E-state index contributed by atoms with van der Waals surface area (Å²) in [6, 6.07) is 12.5. The minimum absolute atomic E-state index is 0.344. The summed E-state index contributed by atoms with van der Waals surface area (Å²) in [5.74, 6) is -0.0699. The number of hydrogen-bond acceptors (Lipinski definition) is 4. The van der Waals surface area contributed by atoms with E-state index in [1.165, 1.54) is 18.3 Å². The van der Waals surface area contributed by atoms with Crippen LogP contribution in [0.2, 0.25) is 0 Å². The van der Waals surface area contributed by atoms with Crippen molar-refractivity contribution in [3.63, 3.8) is 0 Å². The molecule has 6 nitrogen and oxygen atoms in total. The van der Waals surface area contributed by atoms with Gasteiger partial charge in [-0.15, -0.1) is 0 Å². The number of carbonyl (C=O) groups is 1. The fraction of sp³-hybridized carbons (Fsp3) is 0.238. The number of ether oxygens (including phenoxy) is 1. The Kier molecular flexibility index (Phi) is 6.06. The number of aromatic nitrogens is 2. The Morgan fingerprint density at radius 3 is 2.64 bits per heavy atom. The average molecular weight is 383 g/mol. The van der Waals surface area contributed by atoms with Crippen molar-refractivity contribution < 1.29 is 19.0 Å². The number of aliphatic hydroxyl groups is 1. The Morgan fingerprint density at radius 2 is 2.04 bits per heavy atom. The molecular weight excluding hydrogens is 361 g/mol. The molecule has 0 bridgehead atoms. The van der Waals surface area contributed by atoms with E-state index in [1.54, 1.807) is 23.9 Å². The Morgan fingerprint density at radius 1 is 1.29 bits per heavy atom. The van der Waals surface area contributed by atoms with Gasteiger partial charge in [-0.3, -0.25) is 4.79 Å². The Hall–Kier alpha value is -3.19. The van der Waals surface area contributed by atoms with Gasteiger partial charge in [0.2, 0.25) is 0 Å². The molecule has 1 aromatic heterocycles. The molecule has 1 unspecified atom stereocenters. The third-order valence-corrected chi connectivity index (χ3v) is 4.50. The van der Waals surface area contributed by atoms with Crippen molar-refractivity contribution in [1.82, 2.24) is 15.1 Å². The maximum atomic E-state index is 13.5. The normalized spacial score (nSPS) is 11.9. The van der Waals surface area contributed by atoms with Gasteiger partial charge < -0.3 is 15.2 Å². The molecular formula is C21H22FN3O3. The molecule has 1 atom stereocenters. The lowest BCUT2D eigenvalue weighted by Crippen LogP contribution is -2.31. The van der Waals surface area contributed by atoms with Gasteiger partial charge in [0.1, 0.15) is 11.6 Å². The predicted molar refractivity (Wildman–Crippen MR) is 103 cm³/mol. The molecule has 1 heterocycles. The molecule has 0 radical (unpaired) electrons. The Bertz CT molecular complexity index is 954. The highest BCUT2D eigenvalue weighted by atomic mass is 19.1. The lowest BCUT2D eigenvalue weighted by Gasteiger charge is -2.17. The summed E-state index contributed by atoms with van der Waals surface area (Å²) in [5.41, 5.74) is 2.45. The van der Waals surface area contributed by atoms with Gasteiger partial charge in [0.15, 0.2) is 0 Å². The van der Waals surface area contributed by atoms with Gasteiger partial charge in [-0.25, -0.2) is 9.07 Å². The number of carbonyl (C=O) groups excluding carboxylic acids is 1. The van der Waals surface area contributed by atoms with E-state index in [9.17, 15) is 14.3 Å². The summed E-state index contributed by atoms with van der Waals surface area (Å²) in [4.78, 5) is 12.8. The molecule has 2 N–H and O–H groups in total. The second-order valence-electron chi connectivity index (χ2n) is 6.23. The highest BCUT2D eigenvalue weighted by Gasteiger charge is 2.21. The van der Waals surface area contributed by atoms with E-state index < -0.39 is 11.9 Å². The third kappa shape index (κ3) is 4.04. The molecule has 28 heavy (non-hydrogen) atoms. The zero-order chi connectivity index (χ0) is 20.1. The number of benzene rings is 2. The first-order chi connectivity index (χ1) is 13.6. The zero-order valence-electron chi connectivity index (χ0n) is 15.7. The first kappa shape index (κ1) is 19.6. The first-order valence-electron chi connectivity index (χ1n) is 8.95. The van der Waals surface area contributed by atoms with Gasteiger partial charge >= 0.3 is 0 Å². The van der Waals surface area contributed by atoms with Crippen molar-refractivity contribution in [2.75, 3.05) is 13.7 Å². The fourth-order valence-corrected chi connectivity index (χ4v) is 3.04. The topological polar surface area (TPSA) is 76.4 Å². The highest BCUT2D eigenvalue weighted by Crippen LogP contribution is 2.20. The molecule has 3 aromatic rings. The second-order valence-corrected chi connectivity index (χ2v) is 6.23. The number of nitrogens with one attached hydrogen (secondary N) is 1. The number of nitrogens with zero attached hydrogens (tertiary/aromatic N) is 2. The van der Waals surface area contributed by atoms with Crippen LogP contribution in [0.4, 0.5) is 4.39 Å². The smallest absolute Gasteiger partial charge is 0.255 e. The molecule has 0 fully saturated rings. The molecule has 1 amide bonds. The van der Waals surface area contributed by atoms with Crippen LogP contribution < -0.4 is 10.1 Å². The highest BCUT2D eigenvalue weighted by molar-refractivity contribution is 5.95. The van der Waals surface area contributed by atoms with Crippen LogP contribution in [0.15, 0.2) is 54.7 Å². The number of rotatable bonds is 7. The van der Waals surface area contributed by atoms with E-state index in [2.05, 4.69) is 10.4 Å². The number of hydrogen-bond donors (Lipinski definition) is 2. The van der Waals surface area contributed by atoms with E-state index in [0.717, 1.165) is 17.1 Å². The summed E-state index contributed by atoms with van der Waals surface area (Å²) in [5, 5.41) is 16.8. The van der Waals surface area contributed by atoms with E-state index >= 15 is 0 Å². The number of halogens is 1. The molecule has 0 aliphatic heterocycles. The molecule has 0 aliphatic carbocycles. The van der Waals surface area contributed by atoms with E-state index in [-0.39, 0.29) is 12.5 Å². The summed E-state index contributed by atoms with van der Waals surface area (Å²) < 4.78 is 20.3. The molecule has 0 spiro atoms. The van der Waals surface area contributed by atoms with Crippen LogP contribution in [0.3, 0.4) is 0 Å². The van der Waals surface area contributed by atoms with Gasteiger partial charge in [0, 0.05) is 0 Å². The lowest BCUT2D eigenvalue weighted by molar-refractivity contribution is 0.0915. The van der Waals surface area contributed by atoms with E-state index in [0.29, 0.717) is 17.5 Å². The van der Waals surface area contributed by atoms with Crippen molar-refractivity contribution in [3.8, 4) is 11.4 Å². The van der Waals surface area contributed by atoms with Gasteiger partial charge in [-0.05, 0) is 48.4 Å². The minimum Gasteiger partial charge on any atom is -0.497 e. The molecule has 146 valence electrons. The summed E-state index contributed by atoms with van der Waals surface area (Å²) in [6.45, 7) is 1.59. The maximum Gasteiger partial charge on any atom is 0.255 e. The molecule has 0 saturated heterocycles. The zero-order valence-corrected chi connectivity index (χ0v) is 15.7. The lowest BCUT2D eigenvalue weighted by atomic mass is 10.1. The van der Waals surface area contributed by atoms with Crippen LogP contribution in [0.5, 0.6) is 5.75 Å². The average Bonchev–Trinajstić information content (AvgIpc) is 3.16. The van der Waals surface area contributed by atoms with Crippen LogP contribution in [-0.4, -0.2) is 34.5 Å². The van der Waals surface area contributed by atoms with Gasteiger partial charge in [-0.1, -0.05) is 19.1 Å². The van der Waals surface area contributed by atoms with Crippen molar-refractivity contribution in [3.05, 3.63) is 77.4 Å². The van der Waals surface area contributed by atoms with Crippen molar-refractivity contribution >= 4 is 5.91 Å². The van der Waals surface area contributed by atoms with Crippen LogP contribution in [0.25, 0.3) is 5.69 Å². The predicted octanol–water partition coefficient (Wildman–Crippen LogP) is 3.05. The van der Waals surface area contributed by atoms with Crippen molar-refractivity contribution in [2.24, 2.45) is 0 Å². The molecule has 7 heteroatoms. The number of aliphatic hydroxyl groups excluding tert-OH is 1. The van der Waals surface area contributed by atoms with Crippen LogP contribution in [-0.2, 0) is 6.42 Å². The van der Waals surface area contributed by atoms with Gasteiger partial charge in [0.25, 0.3) is 5.91 Å². The molecule has 3 rings (SSSR count). The molecule has 0 aliphatic rings. The summed E-state index contributed by atoms with van der Waals surface area (Å²) >= 11 is 0. The van der Waals surface area contributed by atoms with Crippen molar-refractivity contribution in [2.45, 2.75) is 19.4 Å². The molecule has 2 aromatic carbocycles. The first-order valence-corrected chi connectivity index (χ1v) is 8.95. The van der Waals surface area contributed by atoms with Crippen LogP contribution in [0, 0.1) is 5.82 Å². The fourth-order valence-electron chi connectivity index (χ4n) is 3.04. The molecule has 0 saturated carbocycles. The van der Waals surface area contributed by atoms with Crippen molar-refractivity contribution in [1.29, 1.82) is 0 Å². The second kappa shape index (κ2) is 8.67. The minimum atomic E-state index is -0.711. The maximum absolute atomic E-state index is 13.5. The largest absolute Gasteiger partial charge is 0.497 e. The van der Waals surface area contributed by atoms with E-state index in [4.69, 9.17) is 4.74 Å². The Balaban J connectivity index is 1.86. The SMILES string of the molecule is CCc1c(C(=O)NC(CO)c2cccc(F)c2)cnn1-c1ccc(OC)cc1. The van der Waals surface area contributed by atoms with Gasteiger partial charge in [-0.2, -0.15) is 5.10 Å². The standard InChI is InChI=1S/C21H22FN3O3/c1-3-20-18(12-23-25(20)16-7-9-17(28-2)10-8-16)21(27)24-19(13-26)14-5-4-6-15(22)11-14/h4-12,19,26H,3,13H2,1-2H3,(H,24,27). The number of methoxy groups -OCH3 is 1. The quantitative estimate of drug-likeness (QED) is 0.658. The van der Waals surface area contributed by atoms with Crippen LogP contribution in [0.1, 0.15) is 34.6 Å². The summed E-state index contributed by atoms with van der Waals surface area (Å²) in [7, 11) is 1.60. The van der Waals surface area contributed by atoms with E-state index in [1.807, 2.05) is 31.2 Å². The summed E-state index contributed by atoms with van der Waals surface area (Å²) in [6.07, 6.45) is 2.08. The monoisotopic (exact) mass is 383 g/mol.